The quantitative estimate of drug-likeness (QED) is 0.785. The van der Waals surface area contributed by atoms with Gasteiger partial charge in [0, 0.05) is 29.7 Å². The Morgan fingerprint density at radius 1 is 1.28 bits per heavy atom. The molecule has 0 N–H and O–H groups in total. The van der Waals surface area contributed by atoms with E-state index < -0.39 is 0 Å². The molecule has 0 fully saturated rings. The molecule has 0 unspecified atom stereocenters. The van der Waals surface area contributed by atoms with E-state index in [1.54, 1.807) is 12.3 Å². The zero-order chi connectivity index (χ0) is 12.8. The second-order valence-electron chi connectivity index (χ2n) is 3.85. The van der Waals surface area contributed by atoms with Gasteiger partial charge in [-0.1, -0.05) is 22.0 Å². The third-order valence-corrected chi connectivity index (χ3v) is 3.14. The summed E-state index contributed by atoms with van der Waals surface area (Å²) in [6, 6.07) is 8.46. The summed E-state index contributed by atoms with van der Waals surface area (Å²) in [4.78, 5) is 4.04. The predicted octanol–water partition coefficient (Wildman–Crippen LogP) is 3.74. The molecule has 2 rings (SSSR count). The highest BCUT2D eigenvalue weighted by Gasteiger charge is 2.04. The van der Waals surface area contributed by atoms with Crippen LogP contribution < -0.4 is 4.74 Å². The van der Waals surface area contributed by atoms with E-state index in [2.05, 4.69) is 20.9 Å². The Balaban J connectivity index is 1.94. The fourth-order valence-electron chi connectivity index (χ4n) is 1.62. The average Bonchev–Trinajstić information content (AvgIpc) is 2.41. The van der Waals surface area contributed by atoms with Crippen molar-refractivity contribution in [3.8, 4) is 5.75 Å². The van der Waals surface area contributed by atoms with Crippen molar-refractivity contribution in [2.75, 3.05) is 6.61 Å². The molecule has 1 aromatic carbocycles. The predicted molar refractivity (Wildman–Crippen MR) is 72.5 cm³/mol. The van der Waals surface area contributed by atoms with Gasteiger partial charge in [-0.25, -0.2) is 4.39 Å². The van der Waals surface area contributed by atoms with Gasteiger partial charge in [-0.15, -0.1) is 0 Å². The van der Waals surface area contributed by atoms with Crippen LogP contribution in [0.15, 0.2) is 42.7 Å². The van der Waals surface area contributed by atoms with Gasteiger partial charge in [-0.2, -0.15) is 0 Å². The van der Waals surface area contributed by atoms with Crippen LogP contribution in [0.3, 0.4) is 0 Å². The molecule has 0 radical (unpaired) electrons. The van der Waals surface area contributed by atoms with Crippen LogP contribution in [0.25, 0.3) is 0 Å². The second-order valence-corrected chi connectivity index (χ2v) is 4.41. The fraction of sp³-hybridized carbons (Fsp3) is 0.214. The smallest absolute Gasteiger partial charge is 0.123 e. The Morgan fingerprint density at radius 3 is 2.89 bits per heavy atom. The lowest BCUT2D eigenvalue weighted by molar-refractivity contribution is 0.319. The number of hydrogen-bond donors (Lipinski definition) is 0. The van der Waals surface area contributed by atoms with Crippen molar-refractivity contribution >= 4 is 15.9 Å². The molecule has 94 valence electrons. The van der Waals surface area contributed by atoms with E-state index in [0.717, 1.165) is 23.3 Å². The summed E-state index contributed by atoms with van der Waals surface area (Å²) in [5.74, 6) is 0.473. The van der Waals surface area contributed by atoms with Crippen molar-refractivity contribution in [3.63, 3.8) is 0 Å². The second kappa shape index (κ2) is 6.50. The summed E-state index contributed by atoms with van der Waals surface area (Å²) in [5.41, 5.74) is 1.95. The van der Waals surface area contributed by atoms with Crippen LogP contribution in [0.1, 0.15) is 11.1 Å². The van der Waals surface area contributed by atoms with Gasteiger partial charge in [0.15, 0.2) is 0 Å². The summed E-state index contributed by atoms with van der Waals surface area (Å²) in [5, 5.41) is 0.576. The number of aromatic nitrogens is 1. The van der Waals surface area contributed by atoms with Crippen molar-refractivity contribution in [3.05, 3.63) is 59.7 Å². The van der Waals surface area contributed by atoms with Crippen LogP contribution in [0, 0.1) is 5.82 Å². The van der Waals surface area contributed by atoms with Crippen molar-refractivity contribution in [2.24, 2.45) is 0 Å². The summed E-state index contributed by atoms with van der Waals surface area (Å²) >= 11 is 3.32. The summed E-state index contributed by atoms with van der Waals surface area (Å²) in [6.07, 6.45) is 4.35. The molecule has 0 bridgehead atoms. The van der Waals surface area contributed by atoms with Crippen LogP contribution in [0.5, 0.6) is 5.75 Å². The van der Waals surface area contributed by atoms with Crippen molar-refractivity contribution in [1.29, 1.82) is 0 Å². The molecular formula is C14H13BrFNO. The molecule has 0 spiro atoms. The summed E-state index contributed by atoms with van der Waals surface area (Å²) in [7, 11) is 0. The van der Waals surface area contributed by atoms with Gasteiger partial charge in [0.1, 0.15) is 11.6 Å². The minimum atomic E-state index is -0.246. The Morgan fingerprint density at radius 2 is 2.17 bits per heavy atom. The van der Waals surface area contributed by atoms with Gasteiger partial charge in [-0.05, 0) is 29.8 Å². The molecule has 2 aromatic rings. The lowest BCUT2D eigenvalue weighted by Gasteiger charge is -2.10. The molecule has 0 amide bonds. The van der Waals surface area contributed by atoms with Crippen LogP contribution in [0.4, 0.5) is 4.39 Å². The first-order valence-electron chi connectivity index (χ1n) is 5.65. The van der Waals surface area contributed by atoms with Crippen LogP contribution in [-0.4, -0.2) is 11.6 Å². The highest BCUT2D eigenvalue weighted by molar-refractivity contribution is 9.08. The standard InChI is InChI=1S/C14H13BrFNO/c15-9-12-8-13(16)3-4-14(12)18-7-5-11-2-1-6-17-10-11/h1-4,6,8,10H,5,7,9H2. The maximum Gasteiger partial charge on any atom is 0.123 e. The average molecular weight is 310 g/mol. The van der Waals surface area contributed by atoms with Gasteiger partial charge in [0.25, 0.3) is 0 Å². The molecular weight excluding hydrogens is 297 g/mol. The minimum absolute atomic E-state index is 0.246. The molecule has 0 aliphatic rings. The van der Waals surface area contributed by atoms with Crippen molar-refractivity contribution in [2.45, 2.75) is 11.8 Å². The third-order valence-electron chi connectivity index (χ3n) is 2.54. The van der Waals surface area contributed by atoms with Gasteiger partial charge in [0.2, 0.25) is 0 Å². The molecule has 0 aliphatic carbocycles. The van der Waals surface area contributed by atoms with Gasteiger partial charge >= 0.3 is 0 Å². The highest BCUT2D eigenvalue weighted by Crippen LogP contribution is 2.22. The number of pyridine rings is 1. The number of alkyl halides is 1. The molecule has 1 heterocycles. The van der Waals surface area contributed by atoms with Crippen molar-refractivity contribution in [1.82, 2.24) is 4.98 Å². The van der Waals surface area contributed by atoms with Crippen LogP contribution in [0.2, 0.25) is 0 Å². The van der Waals surface area contributed by atoms with Crippen LogP contribution >= 0.6 is 15.9 Å². The van der Waals surface area contributed by atoms with E-state index in [0.29, 0.717) is 11.9 Å². The highest BCUT2D eigenvalue weighted by atomic mass is 79.9. The monoisotopic (exact) mass is 309 g/mol. The lowest BCUT2D eigenvalue weighted by atomic mass is 10.2. The molecule has 0 saturated heterocycles. The Labute approximate surface area is 114 Å². The topological polar surface area (TPSA) is 22.1 Å². The molecule has 4 heteroatoms. The fourth-order valence-corrected chi connectivity index (χ4v) is 2.06. The van der Waals surface area contributed by atoms with E-state index in [1.807, 2.05) is 18.3 Å². The normalized spacial score (nSPS) is 10.3. The molecule has 2 nitrogen and oxygen atoms in total. The third kappa shape index (κ3) is 3.53. The van der Waals surface area contributed by atoms with Crippen LogP contribution in [-0.2, 0) is 11.8 Å². The maximum absolute atomic E-state index is 13.0. The number of ether oxygens (including phenoxy) is 1. The molecule has 18 heavy (non-hydrogen) atoms. The number of benzene rings is 1. The minimum Gasteiger partial charge on any atom is -0.493 e. The lowest BCUT2D eigenvalue weighted by Crippen LogP contribution is -2.03. The van der Waals surface area contributed by atoms with E-state index in [4.69, 9.17) is 4.74 Å². The number of halogens is 2. The Bertz CT molecular complexity index is 504. The van der Waals surface area contributed by atoms with Gasteiger partial charge in [-0.3, -0.25) is 4.98 Å². The van der Waals surface area contributed by atoms with Gasteiger partial charge in [0.05, 0.1) is 6.61 Å². The largest absolute Gasteiger partial charge is 0.493 e. The Kier molecular flexibility index (Phi) is 4.70. The first-order valence-corrected chi connectivity index (χ1v) is 6.78. The maximum atomic E-state index is 13.0. The van der Waals surface area contributed by atoms with Crippen molar-refractivity contribution < 1.29 is 9.13 Å². The first-order chi connectivity index (χ1) is 8.79. The van der Waals surface area contributed by atoms with E-state index in [9.17, 15) is 4.39 Å². The van der Waals surface area contributed by atoms with E-state index in [-0.39, 0.29) is 5.82 Å². The summed E-state index contributed by atoms with van der Waals surface area (Å²) < 4.78 is 18.7. The SMILES string of the molecule is Fc1ccc(OCCc2cccnc2)c(CBr)c1. The van der Waals surface area contributed by atoms with E-state index in [1.165, 1.54) is 12.1 Å². The van der Waals surface area contributed by atoms with E-state index >= 15 is 0 Å². The molecule has 1 aromatic heterocycles. The molecule has 0 atom stereocenters. The zero-order valence-corrected chi connectivity index (χ0v) is 11.4. The van der Waals surface area contributed by atoms with Gasteiger partial charge < -0.3 is 4.74 Å². The summed E-state index contributed by atoms with van der Waals surface area (Å²) in [6.45, 7) is 0.553. The number of hydrogen-bond acceptors (Lipinski definition) is 2. The first kappa shape index (κ1) is 13.0. The number of nitrogens with zero attached hydrogens (tertiary/aromatic N) is 1. The number of rotatable bonds is 5. The molecule has 0 aliphatic heterocycles. The molecule has 0 saturated carbocycles. The zero-order valence-electron chi connectivity index (χ0n) is 9.77. The Hall–Kier alpha value is -1.42.